The van der Waals surface area contributed by atoms with E-state index in [1.165, 1.54) is 28.9 Å². The predicted octanol–water partition coefficient (Wildman–Crippen LogP) is 4.85. The third-order valence-electron chi connectivity index (χ3n) is 3.73. The summed E-state index contributed by atoms with van der Waals surface area (Å²) in [7, 11) is 0. The van der Waals surface area contributed by atoms with Gasteiger partial charge in [-0.3, -0.25) is 0 Å². The maximum atomic E-state index is 13.5. The van der Waals surface area contributed by atoms with Crippen molar-refractivity contribution in [3.8, 4) is 0 Å². The molecule has 0 bridgehead atoms. The van der Waals surface area contributed by atoms with E-state index in [0.717, 1.165) is 17.0 Å². The minimum Gasteiger partial charge on any atom is -0.310 e. The summed E-state index contributed by atoms with van der Waals surface area (Å²) < 4.78 is 13.5. The van der Waals surface area contributed by atoms with E-state index >= 15 is 0 Å². The van der Waals surface area contributed by atoms with E-state index in [9.17, 15) is 4.39 Å². The molecule has 2 aromatic rings. The quantitative estimate of drug-likeness (QED) is 0.847. The number of nitrogens with one attached hydrogen (secondary N) is 1. The fourth-order valence-electron chi connectivity index (χ4n) is 2.36. The largest absolute Gasteiger partial charge is 0.310 e. The molecule has 1 aliphatic rings. The lowest BCUT2D eigenvalue weighted by atomic mass is 10.2. The topological polar surface area (TPSA) is 12.0 Å². The summed E-state index contributed by atoms with van der Waals surface area (Å²) in [5.74, 6) is -0.160. The van der Waals surface area contributed by atoms with Crippen LogP contribution in [-0.2, 0) is 6.54 Å². The van der Waals surface area contributed by atoms with Crippen molar-refractivity contribution < 1.29 is 4.39 Å². The molecular weight excluding hydrogens is 281 g/mol. The standard InChI is InChI=1S/C18H20FNS/c1-12-3-7-17(13(2)9-12)21-18-8-4-15(19)10-14(18)11-20-16-5-6-16/h3-4,7-10,16,20H,5-6,11H2,1-2H3. The van der Waals surface area contributed by atoms with Crippen molar-refractivity contribution in [2.45, 2.75) is 49.1 Å². The Balaban J connectivity index is 1.82. The van der Waals surface area contributed by atoms with E-state index in [1.807, 2.05) is 6.07 Å². The van der Waals surface area contributed by atoms with Crippen LogP contribution in [0.2, 0.25) is 0 Å². The first kappa shape index (κ1) is 14.6. The summed E-state index contributed by atoms with van der Waals surface area (Å²) in [6.45, 7) is 4.97. The van der Waals surface area contributed by atoms with Gasteiger partial charge in [0.25, 0.3) is 0 Å². The Kier molecular flexibility index (Phi) is 4.32. The van der Waals surface area contributed by atoms with E-state index < -0.39 is 0 Å². The summed E-state index contributed by atoms with van der Waals surface area (Å²) in [5, 5.41) is 3.47. The Morgan fingerprint density at radius 3 is 2.57 bits per heavy atom. The van der Waals surface area contributed by atoms with Crippen LogP contribution in [0.15, 0.2) is 46.2 Å². The van der Waals surface area contributed by atoms with Gasteiger partial charge in [0.2, 0.25) is 0 Å². The molecule has 1 N–H and O–H groups in total. The summed E-state index contributed by atoms with van der Waals surface area (Å²) in [5.41, 5.74) is 3.59. The highest BCUT2D eigenvalue weighted by atomic mass is 32.2. The molecule has 0 aromatic heterocycles. The number of hydrogen-bond donors (Lipinski definition) is 1. The Morgan fingerprint density at radius 1 is 1.10 bits per heavy atom. The van der Waals surface area contributed by atoms with Gasteiger partial charge < -0.3 is 5.32 Å². The van der Waals surface area contributed by atoms with Gasteiger partial charge in [0.1, 0.15) is 5.82 Å². The molecule has 0 radical (unpaired) electrons. The van der Waals surface area contributed by atoms with Gasteiger partial charge >= 0.3 is 0 Å². The first-order valence-corrected chi connectivity index (χ1v) is 8.20. The third-order valence-corrected chi connectivity index (χ3v) is 5.03. The Hall–Kier alpha value is -1.32. The van der Waals surface area contributed by atoms with Crippen LogP contribution in [0.25, 0.3) is 0 Å². The van der Waals surface area contributed by atoms with E-state index in [2.05, 4.69) is 37.4 Å². The van der Waals surface area contributed by atoms with Crippen LogP contribution in [0.1, 0.15) is 29.5 Å². The van der Waals surface area contributed by atoms with Gasteiger partial charge in [0.15, 0.2) is 0 Å². The normalized spacial score (nSPS) is 14.4. The van der Waals surface area contributed by atoms with Gasteiger partial charge in [0.05, 0.1) is 0 Å². The minimum absolute atomic E-state index is 0.160. The van der Waals surface area contributed by atoms with Crippen molar-refractivity contribution in [2.24, 2.45) is 0 Å². The molecular formula is C18H20FNS. The molecule has 0 atom stereocenters. The lowest BCUT2D eigenvalue weighted by molar-refractivity contribution is 0.616. The molecule has 1 nitrogen and oxygen atoms in total. The zero-order valence-corrected chi connectivity index (χ0v) is 13.3. The first-order valence-electron chi connectivity index (χ1n) is 7.39. The van der Waals surface area contributed by atoms with Gasteiger partial charge in [-0.2, -0.15) is 0 Å². The van der Waals surface area contributed by atoms with Crippen LogP contribution in [0.5, 0.6) is 0 Å². The monoisotopic (exact) mass is 301 g/mol. The molecule has 0 saturated heterocycles. The zero-order valence-electron chi connectivity index (χ0n) is 12.4. The van der Waals surface area contributed by atoms with Crippen LogP contribution >= 0.6 is 11.8 Å². The predicted molar refractivity (Wildman–Crippen MR) is 86.3 cm³/mol. The molecule has 1 fully saturated rings. The minimum atomic E-state index is -0.160. The number of rotatable bonds is 5. The van der Waals surface area contributed by atoms with Crippen LogP contribution in [0.3, 0.4) is 0 Å². The highest BCUT2D eigenvalue weighted by Gasteiger charge is 2.20. The molecule has 2 aromatic carbocycles. The fourth-order valence-corrected chi connectivity index (χ4v) is 3.35. The van der Waals surface area contributed by atoms with Crippen LogP contribution in [-0.4, -0.2) is 6.04 Å². The summed E-state index contributed by atoms with van der Waals surface area (Å²) >= 11 is 1.72. The van der Waals surface area contributed by atoms with Crippen molar-refractivity contribution >= 4 is 11.8 Å². The van der Waals surface area contributed by atoms with Crippen molar-refractivity contribution in [1.82, 2.24) is 5.32 Å². The van der Waals surface area contributed by atoms with Crippen molar-refractivity contribution in [2.75, 3.05) is 0 Å². The van der Waals surface area contributed by atoms with Crippen molar-refractivity contribution in [3.05, 3.63) is 58.9 Å². The maximum absolute atomic E-state index is 13.5. The second kappa shape index (κ2) is 6.20. The lowest BCUT2D eigenvalue weighted by Crippen LogP contribution is -2.16. The molecule has 1 aliphatic carbocycles. The van der Waals surface area contributed by atoms with Crippen molar-refractivity contribution in [1.29, 1.82) is 0 Å². The Morgan fingerprint density at radius 2 is 1.86 bits per heavy atom. The molecule has 0 amide bonds. The average molecular weight is 301 g/mol. The SMILES string of the molecule is Cc1ccc(Sc2ccc(F)cc2CNC2CC2)c(C)c1. The van der Waals surface area contributed by atoms with E-state index in [4.69, 9.17) is 0 Å². The van der Waals surface area contributed by atoms with Crippen LogP contribution in [0, 0.1) is 19.7 Å². The third kappa shape index (κ3) is 3.86. The zero-order chi connectivity index (χ0) is 14.8. The Bertz CT molecular complexity index is 650. The van der Waals surface area contributed by atoms with Crippen LogP contribution < -0.4 is 5.32 Å². The summed E-state index contributed by atoms with van der Waals surface area (Å²) in [6.07, 6.45) is 2.49. The summed E-state index contributed by atoms with van der Waals surface area (Å²) in [6, 6.07) is 12.2. The molecule has 0 spiro atoms. The number of hydrogen-bond acceptors (Lipinski definition) is 2. The second-order valence-corrected chi connectivity index (χ2v) is 6.86. The van der Waals surface area contributed by atoms with Gasteiger partial charge in [-0.05, 0) is 62.1 Å². The number of aryl methyl sites for hydroxylation is 2. The van der Waals surface area contributed by atoms with Gasteiger partial charge in [-0.1, -0.05) is 29.5 Å². The van der Waals surface area contributed by atoms with Gasteiger partial charge in [0, 0.05) is 22.4 Å². The smallest absolute Gasteiger partial charge is 0.123 e. The lowest BCUT2D eigenvalue weighted by Gasteiger charge is -2.12. The second-order valence-electron chi connectivity index (χ2n) is 5.78. The molecule has 3 heteroatoms. The molecule has 3 rings (SSSR count). The molecule has 0 aliphatic heterocycles. The fraction of sp³-hybridized carbons (Fsp3) is 0.333. The Labute approximate surface area is 130 Å². The number of halogens is 1. The molecule has 110 valence electrons. The van der Waals surface area contributed by atoms with E-state index in [-0.39, 0.29) is 5.82 Å². The molecule has 21 heavy (non-hydrogen) atoms. The van der Waals surface area contributed by atoms with Crippen molar-refractivity contribution in [3.63, 3.8) is 0 Å². The highest BCUT2D eigenvalue weighted by Crippen LogP contribution is 2.33. The van der Waals surface area contributed by atoms with Gasteiger partial charge in [-0.15, -0.1) is 0 Å². The first-order chi connectivity index (χ1) is 10.1. The van der Waals surface area contributed by atoms with E-state index in [0.29, 0.717) is 6.04 Å². The molecule has 1 saturated carbocycles. The van der Waals surface area contributed by atoms with E-state index in [1.54, 1.807) is 23.9 Å². The highest BCUT2D eigenvalue weighted by molar-refractivity contribution is 7.99. The summed E-state index contributed by atoms with van der Waals surface area (Å²) in [4.78, 5) is 2.37. The number of benzene rings is 2. The average Bonchev–Trinajstić information content (AvgIpc) is 3.26. The molecule has 0 unspecified atom stereocenters. The maximum Gasteiger partial charge on any atom is 0.123 e. The van der Waals surface area contributed by atoms with Crippen LogP contribution in [0.4, 0.5) is 4.39 Å². The van der Waals surface area contributed by atoms with Gasteiger partial charge in [-0.25, -0.2) is 4.39 Å². The molecule has 0 heterocycles.